The molecule has 3 rings (SSSR count). The zero-order chi connectivity index (χ0) is 25.0. The number of ketones is 1. The summed E-state index contributed by atoms with van der Waals surface area (Å²) in [6.07, 6.45) is -0.301. The Morgan fingerprint density at radius 3 is 2.56 bits per heavy atom. The normalized spacial score (nSPS) is 17.8. The van der Waals surface area contributed by atoms with Gasteiger partial charge in [-0.15, -0.1) is 0 Å². The van der Waals surface area contributed by atoms with E-state index in [1.807, 2.05) is 0 Å². The highest BCUT2D eigenvalue weighted by atomic mass is 35.5. The van der Waals surface area contributed by atoms with Gasteiger partial charge in [0.25, 0.3) is 5.91 Å². The Balaban J connectivity index is 1.78. The first-order chi connectivity index (χ1) is 16.0. The van der Waals surface area contributed by atoms with Crippen LogP contribution in [-0.4, -0.2) is 53.0 Å². The van der Waals surface area contributed by atoms with Crippen LogP contribution in [0.3, 0.4) is 0 Å². The van der Waals surface area contributed by atoms with Crippen LogP contribution in [0.4, 0.5) is 8.78 Å². The number of halogens is 3. The second kappa shape index (κ2) is 10.5. The van der Waals surface area contributed by atoms with Gasteiger partial charge >= 0.3 is 0 Å². The first kappa shape index (κ1) is 25.6. The number of hydrogen-bond acceptors (Lipinski definition) is 4. The number of aromatic amines is 1. The number of amides is 3. The van der Waals surface area contributed by atoms with Crippen LogP contribution in [0.2, 0.25) is 5.02 Å². The zero-order valence-corrected chi connectivity index (χ0v) is 19.6. The fraction of sp³-hybridized carbons (Fsp3) is 0.478. The van der Waals surface area contributed by atoms with Gasteiger partial charge in [-0.3, -0.25) is 19.2 Å². The number of rotatable bonds is 10. The minimum atomic E-state index is -3.27. The van der Waals surface area contributed by atoms with Crippen molar-refractivity contribution in [2.75, 3.05) is 6.54 Å². The fourth-order valence-corrected chi connectivity index (χ4v) is 4.22. The molecule has 184 valence electrons. The molecule has 0 unspecified atom stereocenters. The predicted molar refractivity (Wildman–Crippen MR) is 123 cm³/mol. The number of benzene rings is 1. The lowest BCUT2D eigenvalue weighted by Crippen LogP contribution is -2.53. The van der Waals surface area contributed by atoms with Crippen LogP contribution in [0.1, 0.15) is 50.0 Å². The van der Waals surface area contributed by atoms with E-state index in [2.05, 4.69) is 20.9 Å². The molecule has 0 saturated carbocycles. The lowest BCUT2D eigenvalue weighted by molar-refractivity contribution is -0.131. The Bertz CT molecular complexity index is 1100. The molecule has 3 amide bonds. The Morgan fingerprint density at radius 1 is 1.24 bits per heavy atom. The molecule has 1 aromatic heterocycles. The molecule has 0 bridgehead atoms. The Kier molecular flexibility index (Phi) is 7.91. The fourth-order valence-electron chi connectivity index (χ4n) is 3.99. The van der Waals surface area contributed by atoms with Crippen LogP contribution in [-0.2, 0) is 14.4 Å². The molecule has 3 atom stereocenters. The quantitative estimate of drug-likeness (QED) is 0.404. The summed E-state index contributed by atoms with van der Waals surface area (Å²) in [6.45, 7) is 2.72. The standard InChI is InChI=1S/C23H27ClF2N4O4/c1-3-18(31)15(10-13-7-8-27-20(13)32)29-22(34)17(11-23(2,25)26)30-21(33)16-9-12-5-4-6-14(24)19(12)28-16/h4-6,9,13,15,17,28H,3,7-8,10-11H2,1-2H3,(H,27,32)(H,29,34)(H,30,33)/t13-,15-,17-/m0/s1. The zero-order valence-electron chi connectivity index (χ0n) is 18.8. The minimum absolute atomic E-state index is 0.0455. The summed E-state index contributed by atoms with van der Waals surface area (Å²) in [5.74, 6) is -5.97. The number of hydrogen-bond donors (Lipinski definition) is 4. The molecule has 2 aromatic rings. The maximum absolute atomic E-state index is 13.9. The van der Waals surface area contributed by atoms with Crippen molar-refractivity contribution in [3.8, 4) is 0 Å². The van der Waals surface area contributed by atoms with Crippen molar-refractivity contribution >= 4 is 46.0 Å². The smallest absolute Gasteiger partial charge is 0.268 e. The second-order valence-electron chi connectivity index (χ2n) is 8.58. The van der Waals surface area contributed by atoms with Crippen LogP contribution in [0.5, 0.6) is 0 Å². The van der Waals surface area contributed by atoms with Gasteiger partial charge in [0.2, 0.25) is 17.7 Å². The number of alkyl halides is 2. The van der Waals surface area contributed by atoms with Crippen molar-refractivity contribution in [1.29, 1.82) is 0 Å². The molecule has 0 radical (unpaired) electrons. The molecule has 1 fully saturated rings. The number of Topliss-reactive ketones (excluding diaryl/α,β-unsaturated/α-hetero) is 1. The summed E-state index contributed by atoms with van der Waals surface area (Å²) in [5, 5.41) is 8.51. The molecule has 4 N–H and O–H groups in total. The number of carbonyl (C=O) groups excluding carboxylic acids is 4. The van der Waals surface area contributed by atoms with E-state index in [0.29, 0.717) is 35.8 Å². The first-order valence-corrected chi connectivity index (χ1v) is 11.4. The predicted octanol–water partition coefficient (Wildman–Crippen LogP) is 2.96. The number of aromatic nitrogens is 1. The van der Waals surface area contributed by atoms with Crippen LogP contribution in [0.15, 0.2) is 24.3 Å². The van der Waals surface area contributed by atoms with Gasteiger partial charge in [0.1, 0.15) is 11.7 Å². The summed E-state index contributed by atoms with van der Waals surface area (Å²) < 4.78 is 27.7. The Labute approximate surface area is 200 Å². The van der Waals surface area contributed by atoms with Crippen LogP contribution in [0, 0.1) is 5.92 Å². The third-order valence-electron chi connectivity index (χ3n) is 5.77. The average Bonchev–Trinajstić information content (AvgIpc) is 3.38. The molecule has 1 aliphatic rings. The van der Waals surface area contributed by atoms with E-state index in [1.165, 1.54) is 6.07 Å². The van der Waals surface area contributed by atoms with Gasteiger partial charge in [0, 0.05) is 30.7 Å². The summed E-state index contributed by atoms with van der Waals surface area (Å²) in [4.78, 5) is 52.9. The van der Waals surface area contributed by atoms with E-state index < -0.39 is 42.2 Å². The second-order valence-corrected chi connectivity index (χ2v) is 8.99. The summed E-state index contributed by atoms with van der Waals surface area (Å²) in [7, 11) is 0. The number of carbonyl (C=O) groups is 4. The lowest BCUT2D eigenvalue weighted by Gasteiger charge is -2.25. The van der Waals surface area contributed by atoms with Gasteiger partial charge in [-0.1, -0.05) is 30.7 Å². The van der Waals surface area contributed by atoms with E-state index in [4.69, 9.17) is 11.6 Å². The molecule has 1 aliphatic heterocycles. The van der Waals surface area contributed by atoms with E-state index in [1.54, 1.807) is 25.1 Å². The monoisotopic (exact) mass is 496 g/mol. The SMILES string of the molecule is CCC(=O)[C@H](C[C@@H]1CCNC1=O)NC(=O)[C@H](CC(C)(F)F)NC(=O)c1cc2cccc(Cl)c2[nH]1. The number of fused-ring (bicyclic) bond motifs is 1. The van der Waals surface area contributed by atoms with Crippen molar-refractivity contribution in [2.24, 2.45) is 5.92 Å². The molecule has 1 saturated heterocycles. The largest absolute Gasteiger partial charge is 0.356 e. The van der Waals surface area contributed by atoms with Gasteiger partial charge in [-0.05, 0) is 31.9 Å². The van der Waals surface area contributed by atoms with Crippen molar-refractivity contribution in [2.45, 2.75) is 57.5 Å². The topological polar surface area (TPSA) is 120 Å². The van der Waals surface area contributed by atoms with Gasteiger partial charge in [0.05, 0.1) is 16.6 Å². The van der Waals surface area contributed by atoms with Crippen molar-refractivity contribution < 1.29 is 28.0 Å². The lowest BCUT2D eigenvalue weighted by atomic mass is 9.94. The first-order valence-electron chi connectivity index (χ1n) is 11.0. The highest BCUT2D eigenvalue weighted by molar-refractivity contribution is 6.35. The molecule has 2 heterocycles. The van der Waals surface area contributed by atoms with E-state index in [-0.39, 0.29) is 30.2 Å². The van der Waals surface area contributed by atoms with Gasteiger partial charge in [-0.25, -0.2) is 8.78 Å². The molecule has 0 spiro atoms. The van der Waals surface area contributed by atoms with Crippen molar-refractivity contribution in [1.82, 2.24) is 20.9 Å². The van der Waals surface area contributed by atoms with Crippen LogP contribution >= 0.6 is 11.6 Å². The van der Waals surface area contributed by atoms with Gasteiger partial charge < -0.3 is 20.9 Å². The Morgan fingerprint density at radius 2 is 1.97 bits per heavy atom. The van der Waals surface area contributed by atoms with Crippen molar-refractivity contribution in [3.63, 3.8) is 0 Å². The van der Waals surface area contributed by atoms with Crippen LogP contribution < -0.4 is 16.0 Å². The highest BCUT2D eigenvalue weighted by Gasteiger charge is 2.36. The minimum Gasteiger partial charge on any atom is -0.356 e. The molecular formula is C23H27ClF2N4O4. The van der Waals surface area contributed by atoms with E-state index in [9.17, 15) is 28.0 Å². The summed E-state index contributed by atoms with van der Waals surface area (Å²) >= 11 is 6.11. The molecule has 8 nitrogen and oxygen atoms in total. The molecular weight excluding hydrogens is 470 g/mol. The maximum Gasteiger partial charge on any atom is 0.268 e. The van der Waals surface area contributed by atoms with Crippen molar-refractivity contribution in [3.05, 3.63) is 35.0 Å². The molecule has 1 aromatic carbocycles. The van der Waals surface area contributed by atoms with Crippen LogP contribution in [0.25, 0.3) is 10.9 Å². The van der Waals surface area contributed by atoms with Gasteiger partial charge in [0.15, 0.2) is 5.78 Å². The average molecular weight is 497 g/mol. The summed E-state index contributed by atoms with van der Waals surface area (Å²) in [6, 6.07) is 3.91. The summed E-state index contributed by atoms with van der Waals surface area (Å²) in [5.41, 5.74) is 0.545. The Hall–Kier alpha value is -3.01. The highest BCUT2D eigenvalue weighted by Crippen LogP contribution is 2.24. The van der Waals surface area contributed by atoms with E-state index >= 15 is 0 Å². The maximum atomic E-state index is 13.9. The third kappa shape index (κ3) is 6.31. The van der Waals surface area contributed by atoms with E-state index in [0.717, 1.165) is 0 Å². The third-order valence-corrected chi connectivity index (χ3v) is 6.09. The van der Waals surface area contributed by atoms with Gasteiger partial charge in [-0.2, -0.15) is 0 Å². The number of H-pyrrole nitrogens is 1. The molecule has 0 aliphatic carbocycles. The number of nitrogens with one attached hydrogen (secondary N) is 4. The molecule has 34 heavy (non-hydrogen) atoms. The number of para-hydroxylation sites is 1. The molecule has 11 heteroatoms.